The first-order chi connectivity index (χ1) is 5.36. The molecule has 3 nitrogen and oxygen atoms in total. The Morgan fingerprint density at radius 2 is 2.45 bits per heavy atom. The van der Waals surface area contributed by atoms with Gasteiger partial charge in [-0.25, -0.2) is 0 Å². The zero-order valence-corrected chi connectivity index (χ0v) is 6.48. The van der Waals surface area contributed by atoms with Gasteiger partial charge in [0.2, 0.25) is 0 Å². The van der Waals surface area contributed by atoms with Crippen LogP contribution in [0.3, 0.4) is 0 Å². The first-order valence-corrected chi connectivity index (χ1v) is 4.09. The predicted molar refractivity (Wildman–Crippen MR) is 42.9 cm³/mol. The number of aromatic nitrogens is 2. The lowest BCUT2D eigenvalue weighted by Crippen LogP contribution is -2.28. The minimum Gasteiger partial charge on any atom is -0.326 e. The minimum atomic E-state index is 0.315. The fraction of sp³-hybridized carbons (Fsp3) is 0.625. The molecule has 0 aliphatic heterocycles. The van der Waals surface area contributed by atoms with E-state index in [0.717, 1.165) is 12.5 Å². The van der Waals surface area contributed by atoms with Gasteiger partial charge in [-0.05, 0) is 24.8 Å². The lowest BCUT2D eigenvalue weighted by molar-refractivity contribution is 0.471. The van der Waals surface area contributed by atoms with Gasteiger partial charge in [-0.1, -0.05) is 0 Å². The van der Waals surface area contributed by atoms with Crippen LogP contribution < -0.4 is 5.73 Å². The summed E-state index contributed by atoms with van der Waals surface area (Å²) in [5, 5.41) is 4.10. The fourth-order valence-electron chi connectivity index (χ4n) is 1.30. The molecule has 0 spiro atoms. The molecule has 1 saturated carbocycles. The zero-order chi connectivity index (χ0) is 7.68. The van der Waals surface area contributed by atoms with Crippen molar-refractivity contribution < 1.29 is 0 Å². The predicted octanol–water partition coefficient (Wildman–Crippen LogP) is 0.620. The van der Waals surface area contributed by atoms with Crippen molar-refractivity contribution >= 4 is 0 Å². The van der Waals surface area contributed by atoms with Gasteiger partial charge in [0.15, 0.2) is 0 Å². The maximum atomic E-state index is 5.91. The number of nitrogens with two attached hydrogens (primary N) is 1. The van der Waals surface area contributed by atoms with Gasteiger partial charge >= 0.3 is 0 Å². The summed E-state index contributed by atoms with van der Waals surface area (Å²) in [7, 11) is 0. The van der Waals surface area contributed by atoms with Crippen LogP contribution in [0, 0.1) is 5.92 Å². The van der Waals surface area contributed by atoms with Crippen LogP contribution in [0.2, 0.25) is 0 Å². The van der Waals surface area contributed by atoms with Crippen LogP contribution in [0.1, 0.15) is 12.8 Å². The average Bonchev–Trinajstić information content (AvgIpc) is 2.73. The largest absolute Gasteiger partial charge is 0.326 e. The van der Waals surface area contributed by atoms with Gasteiger partial charge in [0, 0.05) is 18.4 Å². The van der Waals surface area contributed by atoms with E-state index in [1.54, 1.807) is 6.20 Å². The van der Waals surface area contributed by atoms with Gasteiger partial charge in [-0.2, -0.15) is 5.10 Å². The van der Waals surface area contributed by atoms with Crippen molar-refractivity contribution in [2.45, 2.75) is 25.4 Å². The molecule has 1 aromatic rings. The van der Waals surface area contributed by atoms with Crippen molar-refractivity contribution in [1.82, 2.24) is 9.78 Å². The van der Waals surface area contributed by atoms with E-state index in [0.29, 0.717) is 6.04 Å². The van der Waals surface area contributed by atoms with Gasteiger partial charge in [0.1, 0.15) is 0 Å². The highest BCUT2D eigenvalue weighted by Gasteiger charge is 2.28. The van der Waals surface area contributed by atoms with Crippen LogP contribution in [0.25, 0.3) is 0 Å². The average molecular weight is 151 g/mol. The molecule has 1 fully saturated rings. The molecule has 0 aromatic carbocycles. The fourth-order valence-corrected chi connectivity index (χ4v) is 1.30. The third-order valence-corrected chi connectivity index (χ3v) is 2.18. The molecular weight excluding hydrogens is 138 g/mol. The summed E-state index contributed by atoms with van der Waals surface area (Å²) in [5.41, 5.74) is 5.91. The van der Waals surface area contributed by atoms with E-state index >= 15 is 0 Å². The van der Waals surface area contributed by atoms with Crippen molar-refractivity contribution in [2.75, 3.05) is 0 Å². The standard InChI is InChI=1S/C8H13N3/c9-8(7-2-3-7)6-11-5-1-4-10-11/h1,4-5,7-8H,2-3,6,9H2. The Labute approximate surface area is 66.2 Å². The molecular formula is C8H13N3. The molecule has 2 N–H and O–H groups in total. The van der Waals surface area contributed by atoms with Crippen LogP contribution >= 0.6 is 0 Å². The Hall–Kier alpha value is -0.830. The van der Waals surface area contributed by atoms with Gasteiger partial charge < -0.3 is 5.73 Å². The molecule has 1 atom stereocenters. The quantitative estimate of drug-likeness (QED) is 0.688. The molecule has 1 unspecified atom stereocenters. The van der Waals surface area contributed by atoms with E-state index in [1.807, 2.05) is 16.9 Å². The van der Waals surface area contributed by atoms with Gasteiger partial charge in [0.25, 0.3) is 0 Å². The molecule has 1 aliphatic carbocycles. The molecule has 11 heavy (non-hydrogen) atoms. The Morgan fingerprint density at radius 3 is 3.00 bits per heavy atom. The monoisotopic (exact) mass is 151 g/mol. The van der Waals surface area contributed by atoms with Crippen LogP contribution in [0.4, 0.5) is 0 Å². The van der Waals surface area contributed by atoms with Crippen LogP contribution in [0.15, 0.2) is 18.5 Å². The molecule has 1 aliphatic rings. The van der Waals surface area contributed by atoms with Crippen molar-refractivity contribution in [3.8, 4) is 0 Å². The Kier molecular flexibility index (Phi) is 1.66. The maximum Gasteiger partial charge on any atom is 0.0563 e. The van der Waals surface area contributed by atoms with Crippen molar-refractivity contribution in [1.29, 1.82) is 0 Å². The van der Waals surface area contributed by atoms with E-state index in [1.165, 1.54) is 12.8 Å². The second-order valence-corrected chi connectivity index (χ2v) is 3.23. The zero-order valence-electron chi connectivity index (χ0n) is 6.48. The van der Waals surface area contributed by atoms with Gasteiger partial charge in [-0.15, -0.1) is 0 Å². The molecule has 0 amide bonds. The van der Waals surface area contributed by atoms with E-state index in [-0.39, 0.29) is 0 Å². The molecule has 0 bridgehead atoms. The maximum absolute atomic E-state index is 5.91. The molecule has 0 radical (unpaired) electrons. The summed E-state index contributed by atoms with van der Waals surface area (Å²) in [4.78, 5) is 0. The first kappa shape index (κ1) is 6.85. The summed E-state index contributed by atoms with van der Waals surface area (Å²) in [6.07, 6.45) is 6.37. The van der Waals surface area contributed by atoms with E-state index in [2.05, 4.69) is 5.10 Å². The summed E-state index contributed by atoms with van der Waals surface area (Å²) >= 11 is 0. The van der Waals surface area contributed by atoms with Crippen molar-refractivity contribution in [2.24, 2.45) is 11.7 Å². The van der Waals surface area contributed by atoms with Crippen molar-refractivity contribution in [3.63, 3.8) is 0 Å². The van der Waals surface area contributed by atoms with E-state index in [4.69, 9.17) is 5.73 Å². The molecule has 1 aromatic heterocycles. The first-order valence-electron chi connectivity index (χ1n) is 4.09. The Balaban J connectivity index is 1.89. The van der Waals surface area contributed by atoms with Crippen LogP contribution in [-0.4, -0.2) is 15.8 Å². The Bertz CT molecular complexity index is 213. The second-order valence-electron chi connectivity index (χ2n) is 3.23. The second kappa shape index (κ2) is 2.66. The van der Waals surface area contributed by atoms with Gasteiger partial charge in [-0.3, -0.25) is 4.68 Å². The number of hydrogen-bond acceptors (Lipinski definition) is 2. The highest BCUT2D eigenvalue weighted by atomic mass is 15.3. The summed E-state index contributed by atoms with van der Waals surface area (Å²) in [5.74, 6) is 0.763. The molecule has 1 heterocycles. The minimum absolute atomic E-state index is 0.315. The normalized spacial score (nSPS) is 20.1. The van der Waals surface area contributed by atoms with Crippen molar-refractivity contribution in [3.05, 3.63) is 18.5 Å². The lowest BCUT2D eigenvalue weighted by Gasteiger charge is -2.09. The highest BCUT2D eigenvalue weighted by molar-refractivity contribution is 4.86. The third kappa shape index (κ3) is 1.60. The Morgan fingerprint density at radius 1 is 1.64 bits per heavy atom. The van der Waals surface area contributed by atoms with Crippen LogP contribution in [0.5, 0.6) is 0 Å². The molecule has 0 saturated heterocycles. The molecule has 3 heteroatoms. The van der Waals surface area contributed by atoms with E-state index < -0.39 is 0 Å². The summed E-state index contributed by atoms with van der Waals surface area (Å²) in [6.45, 7) is 0.873. The van der Waals surface area contributed by atoms with Crippen LogP contribution in [-0.2, 0) is 6.54 Å². The summed E-state index contributed by atoms with van der Waals surface area (Å²) in [6, 6.07) is 2.24. The number of hydrogen-bond donors (Lipinski definition) is 1. The lowest BCUT2D eigenvalue weighted by atomic mass is 10.2. The van der Waals surface area contributed by atoms with E-state index in [9.17, 15) is 0 Å². The molecule has 2 rings (SSSR count). The van der Waals surface area contributed by atoms with Gasteiger partial charge in [0.05, 0.1) is 6.54 Å². The smallest absolute Gasteiger partial charge is 0.0563 e. The SMILES string of the molecule is NC(Cn1cccn1)C1CC1. The third-order valence-electron chi connectivity index (χ3n) is 2.18. The summed E-state index contributed by atoms with van der Waals surface area (Å²) < 4.78 is 1.91. The topological polar surface area (TPSA) is 43.8 Å². The molecule has 60 valence electrons. The highest BCUT2D eigenvalue weighted by Crippen LogP contribution is 2.31. The number of rotatable bonds is 3. The number of nitrogens with zero attached hydrogens (tertiary/aromatic N) is 2.